The van der Waals surface area contributed by atoms with Crippen molar-refractivity contribution in [2.75, 3.05) is 40.0 Å². The summed E-state index contributed by atoms with van der Waals surface area (Å²) in [6.07, 6.45) is 2.30. The lowest BCUT2D eigenvalue weighted by atomic mass is 9.91. The van der Waals surface area contributed by atoms with Crippen molar-refractivity contribution in [3.63, 3.8) is 0 Å². The molecule has 3 aliphatic rings. The fourth-order valence-electron chi connectivity index (χ4n) is 4.77. The molecule has 2 atom stereocenters. The summed E-state index contributed by atoms with van der Waals surface area (Å²) < 4.78 is 11.3. The van der Waals surface area contributed by atoms with Crippen LogP contribution in [0.25, 0.3) is 0 Å². The summed E-state index contributed by atoms with van der Waals surface area (Å²) in [6.45, 7) is 4.87. The predicted octanol–water partition coefficient (Wildman–Crippen LogP) is 4.28. The number of halogens is 2. The highest BCUT2D eigenvalue weighted by atomic mass is 35.5. The third-order valence-electron chi connectivity index (χ3n) is 6.26. The van der Waals surface area contributed by atoms with Gasteiger partial charge in [-0.1, -0.05) is 36.4 Å². The maximum Gasteiger partial charge on any atom is 0.231 e. The highest BCUT2D eigenvalue weighted by molar-refractivity contribution is 5.85. The van der Waals surface area contributed by atoms with Crippen molar-refractivity contribution >= 4 is 24.8 Å². The minimum Gasteiger partial charge on any atom is -0.454 e. The second-order valence-corrected chi connectivity index (χ2v) is 7.77. The van der Waals surface area contributed by atoms with Gasteiger partial charge in [0.1, 0.15) is 0 Å². The van der Waals surface area contributed by atoms with Gasteiger partial charge in [0.15, 0.2) is 11.5 Å². The summed E-state index contributed by atoms with van der Waals surface area (Å²) in [5, 5.41) is 0. The van der Waals surface area contributed by atoms with Crippen LogP contribution < -0.4 is 9.47 Å². The molecule has 152 valence electrons. The van der Waals surface area contributed by atoms with E-state index < -0.39 is 0 Å². The van der Waals surface area contributed by atoms with Crippen LogP contribution in [0, 0.1) is 0 Å². The Morgan fingerprint density at radius 1 is 1.00 bits per heavy atom. The Morgan fingerprint density at radius 3 is 2.64 bits per heavy atom. The Labute approximate surface area is 179 Å². The van der Waals surface area contributed by atoms with Crippen molar-refractivity contribution in [2.24, 2.45) is 0 Å². The quantitative estimate of drug-likeness (QED) is 0.736. The molecule has 6 heteroatoms. The molecule has 0 aromatic heterocycles. The Kier molecular flexibility index (Phi) is 6.77. The van der Waals surface area contributed by atoms with E-state index in [4.69, 9.17) is 9.47 Å². The van der Waals surface area contributed by atoms with Crippen molar-refractivity contribution in [1.29, 1.82) is 0 Å². The fraction of sp³-hybridized carbons (Fsp3) is 0.455. The third-order valence-corrected chi connectivity index (χ3v) is 6.26. The highest BCUT2D eigenvalue weighted by Gasteiger charge is 2.33. The number of nitrogens with zero attached hydrogens (tertiary/aromatic N) is 2. The van der Waals surface area contributed by atoms with Crippen LogP contribution in [0.2, 0.25) is 0 Å². The van der Waals surface area contributed by atoms with Gasteiger partial charge < -0.3 is 14.4 Å². The molecule has 0 spiro atoms. The molecule has 0 saturated carbocycles. The lowest BCUT2D eigenvalue weighted by molar-refractivity contribution is 0.163. The molecule has 3 aliphatic heterocycles. The molecule has 0 unspecified atom stereocenters. The van der Waals surface area contributed by atoms with Gasteiger partial charge in [0, 0.05) is 31.2 Å². The SMILES string of the molecule is CN1CCc2c(ccc3c2OCO3)[C@H]1CN1CC[C@H](c2ccccc2)C1.Cl.Cl. The molecule has 0 aliphatic carbocycles. The summed E-state index contributed by atoms with van der Waals surface area (Å²) in [4.78, 5) is 5.14. The second kappa shape index (κ2) is 8.91. The first kappa shape index (κ1) is 21.3. The lowest BCUT2D eigenvalue weighted by Crippen LogP contribution is -2.39. The average Bonchev–Trinajstić information content (AvgIpc) is 3.34. The zero-order valence-corrected chi connectivity index (χ0v) is 17.8. The fourth-order valence-corrected chi connectivity index (χ4v) is 4.77. The summed E-state index contributed by atoms with van der Waals surface area (Å²) in [6, 6.07) is 15.8. The second-order valence-electron chi connectivity index (χ2n) is 7.77. The maximum atomic E-state index is 5.77. The van der Waals surface area contributed by atoms with Crippen molar-refractivity contribution < 1.29 is 9.47 Å². The van der Waals surface area contributed by atoms with Gasteiger partial charge in [0.05, 0.1) is 0 Å². The molecule has 1 fully saturated rings. The maximum absolute atomic E-state index is 5.77. The van der Waals surface area contributed by atoms with Gasteiger partial charge in [-0.15, -0.1) is 24.8 Å². The first-order valence-electron chi connectivity index (χ1n) is 9.68. The van der Waals surface area contributed by atoms with Crippen molar-refractivity contribution in [2.45, 2.75) is 24.8 Å². The summed E-state index contributed by atoms with van der Waals surface area (Å²) in [5.41, 5.74) is 4.27. The normalized spacial score (nSPS) is 23.6. The summed E-state index contributed by atoms with van der Waals surface area (Å²) >= 11 is 0. The molecule has 4 nitrogen and oxygen atoms in total. The Bertz CT molecular complexity index is 803. The number of ether oxygens (including phenoxy) is 2. The predicted molar refractivity (Wildman–Crippen MR) is 116 cm³/mol. The van der Waals surface area contributed by atoms with Crippen molar-refractivity contribution in [3.8, 4) is 11.5 Å². The number of benzene rings is 2. The van der Waals surface area contributed by atoms with E-state index in [0.717, 1.165) is 37.6 Å². The van der Waals surface area contributed by atoms with Crippen LogP contribution in [0.15, 0.2) is 42.5 Å². The summed E-state index contributed by atoms with van der Waals surface area (Å²) in [5.74, 6) is 2.57. The molecule has 2 aromatic rings. The topological polar surface area (TPSA) is 24.9 Å². The Balaban J connectivity index is 0.00000112. The molecular weight excluding hydrogens is 395 g/mol. The molecule has 0 N–H and O–H groups in total. The molecule has 1 saturated heterocycles. The van der Waals surface area contributed by atoms with Crippen LogP contribution in [0.5, 0.6) is 11.5 Å². The van der Waals surface area contributed by atoms with E-state index in [-0.39, 0.29) is 24.8 Å². The molecule has 0 amide bonds. The number of likely N-dealkylation sites (tertiary alicyclic amines) is 1. The van der Waals surface area contributed by atoms with Gasteiger partial charge >= 0.3 is 0 Å². The lowest BCUT2D eigenvalue weighted by Gasteiger charge is -2.37. The highest BCUT2D eigenvalue weighted by Crippen LogP contribution is 2.43. The number of hydrogen-bond acceptors (Lipinski definition) is 4. The van der Waals surface area contributed by atoms with Crippen LogP contribution in [0.1, 0.15) is 35.1 Å². The minimum atomic E-state index is 0. The summed E-state index contributed by atoms with van der Waals surface area (Å²) in [7, 11) is 2.25. The standard InChI is InChI=1S/C22H26N2O2.2ClH/c1-23-11-10-19-18(7-8-21-22(19)26-15-25-21)20(23)14-24-12-9-17(13-24)16-5-3-2-4-6-16;;/h2-8,17,20H,9-15H2,1H3;2*1H/t17-,20+;;/m0../s1. The molecule has 28 heavy (non-hydrogen) atoms. The molecule has 0 radical (unpaired) electrons. The van der Waals surface area contributed by atoms with Gasteiger partial charge in [-0.2, -0.15) is 0 Å². The van der Waals surface area contributed by atoms with Crippen LogP contribution in [0.4, 0.5) is 0 Å². The average molecular weight is 423 g/mol. The minimum absolute atomic E-state index is 0. The Hall–Kier alpha value is -1.46. The van der Waals surface area contributed by atoms with Gasteiger partial charge in [-0.25, -0.2) is 0 Å². The van der Waals surface area contributed by atoms with Crippen molar-refractivity contribution in [1.82, 2.24) is 9.80 Å². The number of fused-ring (bicyclic) bond motifs is 3. The van der Waals surface area contributed by atoms with E-state index >= 15 is 0 Å². The van der Waals surface area contributed by atoms with Crippen LogP contribution >= 0.6 is 24.8 Å². The van der Waals surface area contributed by atoms with Crippen molar-refractivity contribution in [3.05, 3.63) is 59.2 Å². The van der Waals surface area contributed by atoms with E-state index in [1.807, 2.05) is 0 Å². The number of likely N-dealkylation sites (N-methyl/N-ethyl adjacent to an activating group) is 1. The van der Waals surface area contributed by atoms with Gasteiger partial charge in [-0.05, 0) is 49.5 Å². The van der Waals surface area contributed by atoms with Crippen LogP contribution in [-0.4, -0.2) is 49.8 Å². The molecule has 0 bridgehead atoms. The molecule has 3 heterocycles. The van der Waals surface area contributed by atoms with E-state index in [2.05, 4.69) is 59.3 Å². The Morgan fingerprint density at radius 2 is 1.82 bits per heavy atom. The number of rotatable bonds is 3. The van der Waals surface area contributed by atoms with Gasteiger partial charge in [0.2, 0.25) is 6.79 Å². The third kappa shape index (κ3) is 3.84. The van der Waals surface area contributed by atoms with E-state index in [9.17, 15) is 0 Å². The zero-order valence-electron chi connectivity index (χ0n) is 16.2. The molecule has 5 rings (SSSR count). The first-order valence-corrected chi connectivity index (χ1v) is 9.68. The first-order chi connectivity index (χ1) is 12.8. The van der Waals surface area contributed by atoms with Crippen LogP contribution in [0.3, 0.4) is 0 Å². The molecular formula is C22H28Cl2N2O2. The smallest absolute Gasteiger partial charge is 0.231 e. The monoisotopic (exact) mass is 422 g/mol. The van der Waals surface area contributed by atoms with E-state index in [1.54, 1.807) is 0 Å². The van der Waals surface area contributed by atoms with E-state index in [0.29, 0.717) is 18.8 Å². The molecule has 2 aromatic carbocycles. The van der Waals surface area contributed by atoms with Crippen LogP contribution in [-0.2, 0) is 6.42 Å². The van der Waals surface area contributed by atoms with E-state index in [1.165, 1.54) is 29.7 Å². The number of hydrogen-bond donors (Lipinski definition) is 0. The zero-order chi connectivity index (χ0) is 17.5. The largest absolute Gasteiger partial charge is 0.454 e. The van der Waals surface area contributed by atoms with Gasteiger partial charge in [-0.3, -0.25) is 4.90 Å². The van der Waals surface area contributed by atoms with Gasteiger partial charge in [0.25, 0.3) is 0 Å².